The van der Waals surface area contributed by atoms with E-state index in [1.54, 1.807) is 6.07 Å². The summed E-state index contributed by atoms with van der Waals surface area (Å²) in [5.41, 5.74) is 5.85. The number of hydrogen-bond acceptors (Lipinski definition) is 4. The Morgan fingerprint density at radius 2 is 2.05 bits per heavy atom. The molecule has 9 heteroatoms. The first-order valence-corrected chi connectivity index (χ1v) is 7.89. The topological polar surface area (TPSA) is 101 Å². The Hall–Kier alpha value is -1.80. The third kappa shape index (κ3) is 3.27. The molecule has 0 amide bonds. The van der Waals surface area contributed by atoms with Crippen molar-refractivity contribution < 1.29 is 12.8 Å². The van der Waals surface area contributed by atoms with Gasteiger partial charge in [0.1, 0.15) is 10.7 Å². The van der Waals surface area contributed by atoms with Crippen molar-refractivity contribution in [3.8, 4) is 0 Å². The van der Waals surface area contributed by atoms with E-state index in [2.05, 4.69) is 14.9 Å². The summed E-state index contributed by atoms with van der Waals surface area (Å²) >= 11 is 5.76. The highest BCUT2D eigenvalue weighted by Gasteiger charge is 2.21. The normalized spacial score (nSPS) is 11.9. The fraction of sp³-hybridized carbons (Fsp3) is 0.250. The molecule has 0 aliphatic heterocycles. The fourth-order valence-electron chi connectivity index (χ4n) is 1.63. The quantitative estimate of drug-likeness (QED) is 0.749. The van der Waals surface area contributed by atoms with E-state index in [9.17, 15) is 12.8 Å². The van der Waals surface area contributed by atoms with Crippen molar-refractivity contribution in [3.63, 3.8) is 0 Å². The number of nitrogens with two attached hydrogens (primary N) is 1. The van der Waals surface area contributed by atoms with Gasteiger partial charge in [0, 0.05) is 11.8 Å². The lowest BCUT2D eigenvalue weighted by Crippen LogP contribution is -2.14. The lowest BCUT2D eigenvalue weighted by molar-refractivity contribution is 0.600. The van der Waals surface area contributed by atoms with Crippen LogP contribution in [0, 0.1) is 5.82 Å². The number of aromatic nitrogens is 2. The highest BCUT2D eigenvalue weighted by Crippen LogP contribution is 2.28. The third-order valence-corrected chi connectivity index (χ3v) is 4.62. The Kier molecular flexibility index (Phi) is 4.11. The molecule has 2 rings (SSSR count). The van der Waals surface area contributed by atoms with Gasteiger partial charge in [0.05, 0.1) is 10.7 Å². The first-order valence-electron chi connectivity index (χ1n) is 6.03. The number of nitrogen functional groups attached to an aromatic ring is 1. The van der Waals surface area contributed by atoms with E-state index >= 15 is 0 Å². The maximum atomic E-state index is 13.2. The molecule has 0 bridgehead atoms. The van der Waals surface area contributed by atoms with Crippen LogP contribution >= 0.6 is 11.6 Å². The van der Waals surface area contributed by atoms with Gasteiger partial charge >= 0.3 is 0 Å². The molecule has 0 aliphatic rings. The van der Waals surface area contributed by atoms with Gasteiger partial charge in [-0.05, 0) is 18.1 Å². The minimum absolute atomic E-state index is 0.123. The maximum absolute atomic E-state index is 13.2. The molecule has 0 saturated carbocycles. The van der Waals surface area contributed by atoms with E-state index < -0.39 is 15.8 Å². The van der Waals surface area contributed by atoms with Crippen LogP contribution in [0.4, 0.5) is 15.9 Å². The summed E-state index contributed by atoms with van der Waals surface area (Å²) in [7, 11) is -4.01. The van der Waals surface area contributed by atoms with Gasteiger partial charge in [-0.2, -0.15) is 5.10 Å². The molecule has 2 aromatic rings. The third-order valence-electron chi connectivity index (χ3n) is 2.80. The van der Waals surface area contributed by atoms with Crippen LogP contribution in [-0.4, -0.2) is 18.6 Å². The Bertz CT molecular complexity index is 774. The SMILES string of the molecule is CC(C)c1cc(NS(=O)(=O)c2cc(N)c(F)cc2Cl)n[nH]1. The molecule has 0 atom stereocenters. The van der Waals surface area contributed by atoms with Crippen LogP contribution in [0.25, 0.3) is 0 Å². The Morgan fingerprint density at radius 1 is 1.38 bits per heavy atom. The number of sulfonamides is 1. The summed E-state index contributed by atoms with van der Waals surface area (Å²) in [4.78, 5) is -0.308. The minimum Gasteiger partial charge on any atom is -0.396 e. The lowest BCUT2D eigenvalue weighted by atomic mass is 10.1. The van der Waals surface area contributed by atoms with Crippen LogP contribution in [0.1, 0.15) is 25.5 Å². The van der Waals surface area contributed by atoms with E-state index in [1.807, 2.05) is 13.8 Å². The molecule has 21 heavy (non-hydrogen) atoms. The summed E-state index contributed by atoms with van der Waals surface area (Å²) < 4.78 is 40.0. The maximum Gasteiger partial charge on any atom is 0.264 e. The smallest absolute Gasteiger partial charge is 0.264 e. The van der Waals surface area contributed by atoms with Crippen molar-refractivity contribution in [2.45, 2.75) is 24.7 Å². The average molecular weight is 333 g/mol. The van der Waals surface area contributed by atoms with Crippen LogP contribution in [0.5, 0.6) is 0 Å². The zero-order valence-electron chi connectivity index (χ0n) is 11.3. The van der Waals surface area contributed by atoms with E-state index in [0.717, 1.165) is 17.8 Å². The first kappa shape index (κ1) is 15.6. The number of aromatic amines is 1. The highest BCUT2D eigenvalue weighted by molar-refractivity contribution is 7.92. The van der Waals surface area contributed by atoms with Crippen LogP contribution in [0.3, 0.4) is 0 Å². The Morgan fingerprint density at radius 3 is 2.62 bits per heavy atom. The molecular weight excluding hydrogens is 319 g/mol. The Balaban J connectivity index is 2.36. The van der Waals surface area contributed by atoms with Gasteiger partial charge in [0.25, 0.3) is 10.0 Å². The summed E-state index contributed by atoms with van der Waals surface area (Å²) in [6.45, 7) is 3.87. The molecule has 0 saturated heterocycles. The van der Waals surface area contributed by atoms with Crippen LogP contribution in [0.15, 0.2) is 23.1 Å². The monoisotopic (exact) mass is 332 g/mol. The van der Waals surface area contributed by atoms with Gasteiger partial charge in [-0.1, -0.05) is 25.4 Å². The number of anilines is 2. The predicted octanol–water partition coefficient (Wildman–Crippen LogP) is 2.71. The van der Waals surface area contributed by atoms with Crippen molar-refractivity contribution in [2.24, 2.45) is 0 Å². The zero-order chi connectivity index (χ0) is 15.8. The largest absolute Gasteiger partial charge is 0.396 e. The molecule has 114 valence electrons. The summed E-state index contributed by atoms with van der Waals surface area (Å²) in [6, 6.07) is 3.40. The molecule has 0 unspecified atom stereocenters. The van der Waals surface area contributed by atoms with Crippen LogP contribution in [0.2, 0.25) is 5.02 Å². The highest BCUT2D eigenvalue weighted by atomic mass is 35.5. The second-order valence-corrected chi connectivity index (χ2v) is 6.83. The molecule has 6 nitrogen and oxygen atoms in total. The van der Waals surface area contributed by atoms with Crippen molar-refractivity contribution in [3.05, 3.63) is 34.7 Å². The van der Waals surface area contributed by atoms with Gasteiger partial charge in [-0.25, -0.2) is 12.8 Å². The predicted molar refractivity (Wildman–Crippen MR) is 79.3 cm³/mol. The molecule has 1 heterocycles. The van der Waals surface area contributed by atoms with Gasteiger partial charge in [0.15, 0.2) is 5.82 Å². The van der Waals surface area contributed by atoms with Crippen molar-refractivity contribution >= 4 is 33.1 Å². The molecule has 0 spiro atoms. The molecule has 0 fully saturated rings. The van der Waals surface area contributed by atoms with Crippen molar-refractivity contribution in [1.29, 1.82) is 0 Å². The number of benzene rings is 1. The van der Waals surface area contributed by atoms with Crippen LogP contribution in [-0.2, 0) is 10.0 Å². The standard InChI is InChI=1S/C12H14ClFN4O2S/c1-6(2)10-5-12(17-16-10)18-21(19,20)11-4-9(15)8(14)3-7(11)13/h3-6H,15H2,1-2H3,(H2,16,17,18). The van der Waals surface area contributed by atoms with E-state index in [-0.39, 0.29) is 27.3 Å². The van der Waals surface area contributed by atoms with E-state index in [0.29, 0.717) is 0 Å². The van der Waals surface area contributed by atoms with Gasteiger partial charge in [0.2, 0.25) is 0 Å². The molecule has 0 radical (unpaired) electrons. The van der Waals surface area contributed by atoms with Gasteiger partial charge < -0.3 is 5.73 Å². The number of halogens is 2. The molecule has 0 aliphatic carbocycles. The zero-order valence-corrected chi connectivity index (χ0v) is 12.9. The van der Waals surface area contributed by atoms with E-state index in [4.69, 9.17) is 17.3 Å². The fourth-order valence-corrected chi connectivity index (χ4v) is 3.17. The van der Waals surface area contributed by atoms with Crippen LogP contribution < -0.4 is 10.5 Å². The van der Waals surface area contributed by atoms with Gasteiger partial charge in [-0.3, -0.25) is 9.82 Å². The molecule has 1 aromatic heterocycles. The second-order valence-electron chi connectivity index (χ2n) is 4.77. The second kappa shape index (κ2) is 5.53. The van der Waals surface area contributed by atoms with Gasteiger partial charge in [-0.15, -0.1) is 0 Å². The molecule has 1 aromatic carbocycles. The number of nitrogens with one attached hydrogen (secondary N) is 2. The summed E-state index contributed by atoms with van der Waals surface area (Å²) in [5.74, 6) is -0.487. The number of nitrogens with zero attached hydrogens (tertiary/aromatic N) is 1. The summed E-state index contributed by atoms with van der Waals surface area (Å²) in [5, 5.41) is 6.32. The minimum atomic E-state index is -4.01. The first-order chi connectivity index (χ1) is 9.70. The number of hydrogen-bond donors (Lipinski definition) is 3. The molecule has 4 N–H and O–H groups in total. The van der Waals surface area contributed by atoms with E-state index in [1.165, 1.54) is 0 Å². The van der Waals surface area contributed by atoms with Crippen molar-refractivity contribution in [2.75, 3.05) is 10.5 Å². The number of H-pyrrole nitrogens is 1. The average Bonchev–Trinajstić information content (AvgIpc) is 2.81. The van der Waals surface area contributed by atoms with Crippen molar-refractivity contribution in [1.82, 2.24) is 10.2 Å². The molecular formula is C12H14ClFN4O2S. The Labute approximate surface area is 126 Å². The number of rotatable bonds is 4. The summed E-state index contributed by atoms with van der Waals surface area (Å²) in [6.07, 6.45) is 0. The lowest BCUT2D eigenvalue weighted by Gasteiger charge is -2.08.